The topological polar surface area (TPSA) is 34.2 Å². The van der Waals surface area contributed by atoms with Crippen LogP contribution in [0.2, 0.25) is 5.02 Å². The molecule has 0 radical (unpaired) electrons. The number of hydrogen-bond acceptors (Lipinski definition) is 3. The number of likely N-dealkylation sites (N-methyl/N-ethyl adjacent to an activating group) is 1. The van der Waals surface area contributed by atoms with Gasteiger partial charge in [0.25, 0.3) is 0 Å². The number of ether oxygens (including phenoxy) is 1. The molecule has 0 fully saturated rings. The Morgan fingerprint density at radius 1 is 1.40 bits per heavy atom. The molecule has 0 spiro atoms. The van der Waals surface area contributed by atoms with Gasteiger partial charge in [-0.05, 0) is 58.7 Å². The predicted molar refractivity (Wildman–Crippen MR) is 85.4 cm³/mol. The van der Waals surface area contributed by atoms with Crippen LogP contribution in [0.1, 0.15) is 17.2 Å². The zero-order chi connectivity index (χ0) is 14.5. The SMILES string of the molecule is CNC(Cc1ccncc1Cl)c1ccc(OC)c(Br)c1. The van der Waals surface area contributed by atoms with Gasteiger partial charge in [0.15, 0.2) is 0 Å². The second kappa shape index (κ2) is 7.07. The van der Waals surface area contributed by atoms with E-state index >= 15 is 0 Å². The third-order valence-electron chi connectivity index (χ3n) is 3.21. The zero-order valence-electron chi connectivity index (χ0n) is 11.4. The van der Waals surface area contributed by atoms with E-state index in [0.29, 0.717) is 5.02 Å². The van der Waals surface area contributed by atoms with Crippen molar-refractivity contribution in [3.63, 3.8) is 0 Å². The highest BCUT2D eigenvalue weighted by molar-refractivity contribution is 9.10. The van der Waals surface area contributed by atoms with E-state index in [9.17, 15) is 0 Å². The monoisotopic (exact) mass is 354 g/mol. The van der Waals surface area contributed by atoms with E-state index in [-0.39, 0.29) is 6.04 Å². The third-order valence-corrected chi connectivity index (χ3v) is 4.17. The van der Waals surface area contributed by atoms with E-state index in [4.69, 9.17) is 16.3 Å². The minimum atomic E-state index is 0.178. The lowest BCUT2D eigenvalue weighted by atomic mass is 9.99. The number of benzene rings is 1. The number of methoxy groups -OCH3 is 1. The minimum Gasteiger partial charge on any atom is -0.496 e. The lowest BCUT2D eigenvalue weighted by Crippen LogP contribution is -2.19. The highest BCUT2D eigenvalue weighted by atomic mass is 79.9. The van der Waals surface area contributed by atoms with Crippen LogP contribution < -0.4 is 10.1 Å². The number of nitrogens with zero attached hydrogens (tertiary/aromatic N) is 1. The first-order valence-corrected chi connectivity index (χ1v) is 7.42. The van der Waals surface area contributed by atoms with Crippen molar-refractivity contribution in [2.75, 3.05) is 14.2 Å². The summed E-state index contributed by atoms with van der Waals surface area (Å²) in [7, 11) is 3.60. The van der Waals surface area contributed by atoms with Gasteiger partial charge in [0, 0.05) is 18.4 Å². The third kappa shape index (κ3) is 3.51. The summed E-state index contributed by atoms with van der Waals surface area (Å²) in [5.41, 5.74) is 2.25. The summed E-state index contributed by atoms with van der Waals surface area (Å²) in [5.74, 6) is 0.825. The molecule has 1 heterocycles. The van der Waals surface area contributed by atoms with Crippen molar-refractivity contribution in [1.82, 2.24) is 10.3 Å². The minimum absolute atomic E-state index is 0.178. The molecule has 2 rings (SSSR count). The summed E-state index contributed by atoms with van der Waals surface area (Å²) in [4.78, 5) is 4.01. The molecule has 0 amide bonds. The Morgan fingerprint density at radius 2 is 2.20 bits per heavy atom. The number of aromatic nitrogens is 1. The molecule has 0 aliphatic carbocycles. The first kappa shape index (κ1) is 15.3. The van der Waals surface area contributed by atoms with E-state index in [1.165, 1.54) is 5.56 Å². The highest BCUT2D eigenvalue weighted by Crippen LogP contribution is 2.30. The largest absolute Gasteiger partial charge is 0.496 e. The number of nitrogens with one attached hydrogen (secondary N) is 1. The van der Waals surface area contributed by atoms with E-state index in [0.717, 1.165) is 22.2 Å². The van der Waals surface area contributed by atoms with E-state index in [1.807, 2.05) is 19.2 Å². The molecule has 0 saturated heterocycles. The Bertz CT molecular complexity index is 592. The van der Waals surface area contributed by atoms with E-state index in [1.54, 1.807) is 19.5 Å². The second-order valence-corrected chi connectivity index (χ2v) is 5.67. The first-order chi connectivity index (χ1) is 9.65. The Balaban J connectivity index is 2.24. The van der Waals surface area contributed by atoms with Gasteiger partial charge in [0.2, 0.25) is 0 Å². The first-order valence-electron chi connectivity index (χ1n) is 6.24. The summed E-state index contributed by atoms with van der Waals surface area (Å²) >= 11 is 9.69. The predicted octanol–water partition coefficient (Wildman–Crippen LogP) is 4.01. The Kier molecular flexibility index (Phi) is 5.40. The number of rotatable bonds is 5. The van der Waals surface area contributed by atoms with Crippen molar-refractivity contribution in [2.24, 2.45) is 0 Å². The van der Waals surface area contributed by atoms with Gasteiger partial charge < -0.3 is 10.1 Å². The van der Waals surface area contributed by atoms with Gasteiger partial charge in [-0.2, -0.15) is 0 Å². The van der Waals surface area contributed by atoms with Crippen LogP contribution in [0.4, 0.5) is 0 Å². The fourth-order valence-electron chi connectivity index (χ4n) is 2.08. The van der Waals surface area contributed by atoms with E-state index in [2.05, 4.69) is 38.4 Å². The summed E-state index contributed by atoms with van der Waals surface area (Å²) in [6, 6.07) is 8.20. The molecule has 0 aliphatic heterocycles. The van der Waals surface area contributed by atoms with Crippen molar-refractivity contribution in [1.29, 1.82) is 0 Å². The van der Waals surface area contributed by atoms with Crippen LogP contribution in [0, 0.1) is 0 Å². The van der Waals surface area contributed by atoms with Crippen LogP contribution in [-0.2, 0) is 6.42 Å². The molecule has 1 N–H and O–H groups in total. The molecule has 1 unspecified atom stereocenters. The molecule has 0 saturated carbocycles. The van der Waals surface area contributed by atoms with Crippen molar-refractivity contribution in [3.8, 4) is 5.75 Å². The molecule has 5 heteroatoms. The van der Waals surface area contributed by atoms with Gasteiger partial charge in [-0.3, -0.25) is 4.98 Å². The van der Waals surface area contributed by atoms with Crippen molar-refractivity contribution < 1.29 is 4.74 Å². The standard InChI is InChI=1S/C15H16BrClN2O/c1-18-14(8-10-5-6-19-9-13(10)17)11-3-4-15(20-2)12(16)7-11/h3-7,9,14,18H,8H2,1-2H3. The van der Waals surface area contributed by atoms with Gasteiger partial charge in [-0.25, -0.2) is 0 Å². The molecular formula is C15H16BrClN2O. The fourth-order valence-corrected chi connectivity index (χ4v) is 2.83. The van der Waals surface area contributed by atoms with Gasteiger partial charge >= 0.3 is 0 Å². The molecule has 3 nitrogen and oxygen atoms in total. The zero-order valence-corrected chi connectivity index (χ0v) is 13.7. The van der Waals surface area contributed by atoms with Crippen LogP contribution in [0.5, 0.6) is 5.75 Å². The summed E-state index contributed by atoms with van der Waals surface area (Å²) in [5, 5.41) is 4.01. The molecule has 106 valence electrons. The number of halogens is 2. The normalized spacial score (nSPS) is 12.2. The molecule has 0 aliphatic rings. The second-order valence-electron chi connectivity index (χ2n) is 4.41. The summed E-state index contributed by atoms with van der Waals surface area (Å²) in [6.07, 6.45) is 4.24. The maximum absolute atomic E-state index is 6.17. The van der Waals surface area contributed by atoms with Crippen molar-refractivity contribution >= 4 is 27.5 Å². The van der Waals surface area contributed by atoms with Crippen molar-refractivity contribution in [3.05, 3.63) is 57.3 Å². The average Bonchev–Trinajstić information content (AvgIpc) is 2.46. The van der Waals surface area contributed by atoms with Crippen LogP contribution in [0.15, 0.2) is 41.1 Å². The van der Waals surface area contributed by atoms with Gasteiger partial charge in [0.05, 0.1) is 16.6 Å². The van der Waals surface area contributed by atoms with Gasteiger partial charge in [-0.15, -0.1) is 0 Å². The average molecular weight is 356 g/mol. The molecule has 1 atom stereocenters. The van der Waals surface area contributed by atoms with E-state index < -0.39 is 0 Å². The Morgan fingerprint density at radius 3 is 2.80 bits per heavy atom. The summed E-state index contributed by atoms with van der Waals surface area (Å²) in [6.45, 7) is 0. The number of hydrogen-bond donors (Lipinski definition) is 1. The van der Waals surface area contributed by atoms with Gasteiger partial charge in [0.1, 0.15) is 5.75 Å². The maximum atomic E-state index is 6.17. The lowest BCUT2D eigenvalue weighted by molar-refractivity contribution is 0.411. The van der Waals surface area contributed by atoms with Crippen molar-refractivity contribution in [2.45, 2.75) is 12.5 Å². The lowest BCUT2D eigenvalue weighted by Gasteiger charge is -2.18. The maximum Gasteiger partial charge on any atom is 0.133 e. The van der Waals surface area contributed by atoms with Crippen LogP contribution in [-0.4, -0.2) is 19.1 Å². The Labute approximate surface area is 132 Å². The van der Waals surface area contributed by atoms with Crippen LogP contribution in [0.25, 0.3) is 0 Å². The smallest absolute Gasteiger partial charge is 0.133 e. The molecular weight excluding hydrogens is 340 g/mol. The Hall–Kier alpha value is -1.10. The van der Waals surface area contributed by atoms with Gasteiger partial charge in [-0.1, -0.05) is 17.7 Å². The van der Waals surface area contributed by atoms with Crippen LogP contribution in [0.3, 0.4) is 0 Å². The molecule has 1 aromatic carbocycles. The molecule has 0 bridgehead atoms. The number of pyridine rings is 1. The van der Waals surface area contributed by atoms with Crippen LogP contribution >= 0.6 is 27.5 Å². The molecule has 2 aromatic rings. The summed E-state index contributed by atoms with van der Waals surface area (Å²) < 4.78 is 6.20. The highest BCUT2D eigenvalue weighted by Gasteiger charge is 2.13. The molecule has 1 aromatic heterocycles. The molecule has 20 heavy (non-hydrogen) atoms. The fraction of sp³-hybridized carbons (Fsp3) is 0.267. The quantitative estimate of drug-likeness (QED) is 0.880.